The van der Waals surface area contributed by atoms with Crippen LogP contribution in [0, 0.1) is 0 Å². The van der Waals surface area contributed by atoms with Crippen LogP contribution in [0.1, 0.15) is 11.4 Å². The SMILES string of the molecule is Nc1ccc2nnc(Cc3cccc(Cl)c3)n2c1. The third kappa shape index (κ3) is 2.02. The highest BCUT2D eigenvalue weighted by Gasteiger charge is 2.06. The van der Waals surface area contributed by atoms with Crippen molar-refractivity contribution >= 4 is 22.9 Å². The molecule has 0 atom stereocenters. The Morgan fingerprint density at radius 2 is 2.06 bits per heavy atom. The first-order valence-electron chi connectivity index (χ1n) is 5.56. The molecule has 2 aromatic heterocycles. The smallest absolute Gasteiger partial charge is 0.160 e. The van der Waals surface area contributed by atoms with E-state index >= 15 is 0 Å². The molecular weight excluding hydrogens is 248 g/mol. The maximum Gasteiger partial charge on any atom is 0.160 e. The zero-order valence-corrected chi connectivity index (χ0v) is 10.3. The number of hydrogen-bond donors (Lipinski definition) is 1. The highest BCUT2D eigenvalue weighted by atomic mass is 35.5. The summed E-state index contributed by atoms with van der Waals surface area (Å²) in [6, 6.07) is 11.4. The normalized spacial score (nSPS) is 10.9. The van der Waals surface area contributed by atoms with Gasteiger partial charge in [-0.2, -0.15) is 0 Å². The Morgan fingerprint density at radius 1 is 1.17 bits per heavy atom. The molecule has 3 aromatic rings. The van der Waals surface area contributed by atoms with E-state index in [1.165, 1.54) is 0 Å². The number of fused-ring (bicyclic) bond motifs is 1. The third-order valence-corrected chi connectivity index (χ3v) is 2.98. The van der Waals surface area contributed by atoms with Gasteiger partial charge in [0, 0.05) is 23.3 Å². The summed E-state index contributed by atoms with van der Waals surface area (Å²) in [5.74, 6) is 0.847. The molecule has 0 spiro atoms. The van der Waals surface area contributed by atoms with E-state index in [0.717, 1.165) is 22.1 Å². The molecule has 0 aliphatic rings. The van der Waals surface area contributed by atoms with Crippen LogP contribution in [0.4, 0.5) is 5.69 Å². The predicted octanol–water partition coefficient (Wildman–Crippen LogP) is 2.56. The average Bonchev–Trinajstić information content (AvgIpc) is 2.72. The van der Waals surface area contributed by atoms with E-state index < -0.39 is 0 Å². The van der Waals surface area contributed by atoms with E-state index in [9.17, 15) is 0 Å². The summed E-state index contributed by atoms with van der Waals surface area (Å²) in [7, 11) is 0. The molecule has 0 fully saturated rings. The van der Waals surface area contributed by atoms with Gasteiger partial charge in [-0.25, -0.2) is 0 Å². The number of halogens is 1. The molecular formula is C13H11ClN4. The minimum atomic E-state index is 0.672. The van der Waals surface area contributed by atoms with Gasteiger partial charge in [0.1, 0.15) is 5.82 Å². The van der Waals surface area contributed by atoms with Crippen LogP contribution < -0.4 is 5.73 Å². The standard InChI is InChI=1S/C13H11ClN4/c14-10-3-1-2-9(6-10)7-13-17-16-12-5-4-11(15)8-18(12)13/h1-6,8H,7,15H2. The molecule has 0 saturated carbocycles. The lowest BCUT2D eigenvalue weighted by atomic mass is 10.1. The summed E-state index contributed by atoms with van der Waals surface area (Å²) in [6.45, 7) is 0. The van der Waals surface area contributed by atoms with Crippen molar-refractivity contribution in [1.29, 1.82) is 0 Å². The van der Waals surface area contributed by atoms with Gasteiger partial charge in [-0.3, -0.25) is 4.40 Å². The van der Waals surface area contributed by atoms with Crippen LogP contribution in [0.5, 0.6) is 0 Å². The van der Waals surface area contributed by atoms with Crippen molar-refractivity contribution in [2.45, 2.75) is 6.42 Å². The molecule has 18 heavy (non-hydrogen) atoms. The number of nitrogens with zero attached hydrogens (tertiary/aromatic N) is 3. The molecule has 2 heterocycles. The summed E-state index contributed by atoms with van der Waals surface area (Å²) < 4.78 is 1.90. The van der Waals surface area contributed by atoms with Crippen LogP contribution in [0.2, 0.25) is 5.02 Å². The largest absolute Gasteiger partial charge is 0.398 e. The van der Waals surface area contributed by atoms with Crippen molar-refractivity contribution in [3.05, 3.63) is 59.0 Å². The Kier molecular flexibility index (Phi) is 2.64. The molecule has 0 aliphatic heterocycles. The van der Waals surface area contributed by atoms with E-state index in [0.29, 0.717) is 12.1 Å². The van der Waals surface area contributed by atoms with Crippen LogP contribution in [0.3, 0.4) is 0 Å². The number of rotatable bonds is 2. The minimum absolute atomic E-state index is 0.672. The molecule has 2 N–H and O–H groups in total. The second kappa shape index (κ2) is 4.31. The summed E-state index contributed by atoms with van der Waals surface area (Å²) in [5.41, 5.74) is 8.35. The van der Waals surface area contributed by atoms with Gasteiger partial charge in [-0.1, -0.05) is 23.7 Å². The summed E-state index contributed by atoms with van der Waals surface area (Å²) >= 11 is 5.97. The molecule has 0 amide bonds. The summed E-state index contributed by atoms with van der Waals surface area (Å²) in [4.78, 5) is 0. The van der Waals surface area contributed by atoms with Gasteiger partial charge in [0.05, 0.1) is 0 Å². The second-order valence-corrected chi connectivity index (χ2v) is 4.55. The number of nitrogen functional groups attached to an aromatic ring is 1. The molecule has 0 unspecified atom stereocenters. The molecule has 0 bridgehead atoms. The Balaban J connectivity index is 2.02. The quantitative estimate of drug-likeness (QED) is 0.769. The summed E-state index contributed by atoms with van der Waals surface area (Å²) in [5, 5.41) is 9.00. The zero-order chi connectivity index (χ0) is 12.5. The number of hydrogen-bond acceptors (Lipinski definition) is 3. The van der Waals surface area contributed by atoms with E-state index in [2.05, 4.69) is 10.2 Å². The predicted molar refractivity (Wildman–Crippen MR) is 71.7 cm³/mol. The lowest BCUT2D eigenvalue weighted by Crippen LogP contribution is -1.97. The first-order valence-corrected chi connectivity index (χ1v) is 5.94. The van der Waals surface area contributed by atoms with Crippen molar-refractivity contribution in [1.82, 2.24) is 14.6 Å². The van der Waals surface area contributed by atoms with Crippen LogP contribution in [0.15, 0.2) is 42.6 Å². The molecule has 4 nitrogen and oxygen atoms in total. The van der Waals surface area contributed by atoms with E-state index in [1.807, 2.05) is 47.0 Å². The molecule has 90 valence electrons. The Morgan fingerprint density at radius 3 is 2.89 bits per heavy atom. The van der Waals surface area contributed by atoms with Gasteiger partial charge >= 0.3 is 0 Å². The molecule has 0 aliphatic carbocycles. The zero-order valence-electron chi connectivity index (χ0n) is 9.55. The van der Waals surface area contributed by atoms with Crippen LogP contribution >= 0.6 is 11.6 Å². The second-order valence-electron chi connectivity index (χ2n) is 4.11. The van der Waals surface area contributed by atoms with E-state index in [4.69, 9.17) is 17.3 Å². The van der Waals surface area contributed by atoms with E-state index in [-0.39, 0.29) is 0 Å². The average molecular weight is 259 g/mol. The molecule has 3 rings (SSSR count). The van der Waals surface area contributed by atoms with Crippen molar-refractivity contribution in [2.24, 2.45) is 0 Å². The minimum Gasteiger partial charge on any atom is -0.398 e. The highest BCUT2D eigenvalue weighted by Crippen LogP contribution is 2.15. The maximum atomic E-state index is 5.97. The molecule has 1 aromatic carbocycles. The van der Waals surface area contributed by atoms with Gasteiger partial charge in [0.25, 0.3) is 0 Å². The molecule has 5 heteroatoms. The number of benzene rings is 1. The number of pyridine rings is 1. The number of aromatic nitrogens is 3. The van der Waals surface area contributed by atoms with Gasteiger partial charge in [-0.15, -0.1) is 10.2 Å². The molecule has 0 radical (unpaired) electrons. The van der Waals surface area contributed by atoms with Crippen molar-refractivity contribution in [3.63, 3.8) is 0 Å². The Labute approximate surface area is 109 Å². The van der Waals surface area contributed by atoms with Crippen molar-refractivity contribution in [3.8, 4) is 0 Å². The fraction of sp³-hybridized carbons (Fsp3) is 0.0769. The Hall–Kier alpha value is -2.07. The van der Waals surface area contributed by atoms with Gasteiger partial charge < -0.3 is 5.73 Å². The van der Waals surface area contributed by atoms with Crippen molar-refractivity contribution in [2.75, 3.05) is 5.73 Å². The lowest BCUT2D eigenvalue weighted by molar-refractivity contribution is 0.935. The highest BCUT2D eigenvalue weighted by molar-refractivity contribution is 6.30. The van der Waals surface area contributed by atoms with Crippen molar-refractivity contribution < 1.29 is 0 Å². The van der Waals surface area contributed by atoms with Crippen LogP contribution in [0.25, 0.3) is 5.65 Å². The summed E-state index contributed by atoms with van der Waals surface area (Å²) in [6.07, 6.45) is 2.50. The maximum absolute atomic E-state index is 5.97. The topological polar surface area (TPSA) is 56.2 Å². The van der Waals surface area contributed by atoms with Gasteiger partial charge in [-0.05, 0) is 29.8 Å². The lowest BCUT2D eigenvalue weighted by Gasteiger charge is -2.02. The first-order chi connectivity index (χ1) is 8.72. The molecule has 0 saturated heterocycles. The third-order valence-electron chi connectivity index (χ3n) is 2.75. The van der Waals surface area contributed by atoms with Crippen LogP contribution in [-0.4, -0.2) is 14.6 Å². The number of nitrogens with two attached hydrogens (primary N) is 1. The van der Waals surface area contributed by atoms with Gasteiger partial charge in [0.2, 0.25) is 0 Å². The Bertz CT molecular complexity index is 705. The first kappa shape index (κ1) is 11.0. The van der Waals surface area contributed by atoms with Gasteiger partial charge in [0.15, 0.2) is 5.65 Å². The van der Waals surface area contributed by atoms with E-state index in [1.54, 1.807) is 0 Å². The monoisotopic (exact) mass is 258 g/mol. The fourth-order valence-corrected chi connectivity index (χ4v) is 2.12. The fourth-order valence-electron chi connectivity index (χ4n) is 1.90. The number of anilines is 1. The van der Waals surface area contributed by atoms with Crippen LogP contribution in [-0.2, 0) is 6.42 Å².